The quantitative estimate of drug-likeness (QED) is 0.751. The van der Waals surface area contributed by atoms with E-state index in [4.69, 9.17) is 4.74 Å². The molecule has 2 aromatic carbocycles. The number of carbonyl (C=O) groups excluding carboxylic acids is 2. The number of methoxy groups -OCH3 is 1. The second-order valence-corrected chi connectivity index (χ2v) is 5.43. The van der Waals surface area contributed by atoms with Crippen LogP contribution in [0.2, 0.25) is 0 Å². The summed E-state index contributed by atoms with van der Waals surface area (Å²) in [6, 6.07) is 10.3. The summed E-state index contributed by atoms with van der Waals surface area (Å²) >= 11 is 0. The number of carbonyl (C=O) groups is 2. The molecule has 0 aliphatic carbocycles. The molecule has 0 aliphatic heterocycles. The topological polar surface area (TPSA) is 79.5 Å². The first-order chi connectivity index (χ1) is 11.9. The number of rotatable bonds is 6. The van der Waals surface area contributed by atoms with E-state index in [1.165, 1.54) is 26.2 Å². The maximum Gasteiger partial charge on any atom is 0.246 e. The van der Waals surface area contributed by atoms with Crippen LogP contribution in [0, 0.1) is 5.82 Å². The molecule has 2 amide bonds. The molecule has 0 spiro atoms. The summed E-state index contributed by atoms with van der Waals surface area (Å²) in [5.74, 6) is -0.605. The normalized spacial score (nSPS) is 11.4. The maximum absolute atomic E-state index is 13.6. The largest absolute Gasteiger partial charge is 0.495 e. The van der Waals surface area contributed by atoms with Crippen molar-refractivity contribution in [1.82, 2.24) is 0 Å². The smallest absolute Gasteiger partial charge is 0.246 e. The van der Waals surface area contributed by atoms with E-state index in [-0.39, 0.29) is 11.6 Å². The van der Waals surface area contributed by atoms with Crippen molar-refractivity contribution in [2.24, 2.45) is 0 Å². The molecule has 132 valence electrons. The molecule has 7 heteroatoms. The molecule has 0 saturated heterocycles. The molecule has 25 heavy (non-hydrogen) atoms. The third-order valence-electron chi connectivity index (χ3n) is 3.42. The van der Waals surface area contributed by atoms with Crippen LogP contribution in [0.4, 0.5) is 21.5 Å². The fourth-order valence-electron chi connectivity index (χ4n) is 2.20. The second-order valence-electron chi connectivity index (χ2n) is 5.43. The van der Waals surface area contributed by atoms with Crippen LogP contribution in [0.1, 0.15) is 13.8 Å². The molecule has 0 radical (unpaired) electrons. The zero-order valence-electron chi connectivity index (χ0n) is 14.2. The Morgan fingerprint density at radius 2 is 1.80 bits per heavy atom. The molecule has 0 heterocycles. The van der Waals surface area contributed by atoms with Gasteiger partial charge in [-0.25, -0.2) is 4.39 Å². The first-order valence-corrected chi connectivity index (χ1v) is 7.68. The van der Waals surface area contributed by atoms with Crippen molar-refractivity contribution in [1.29, 1.82) is 0 Å². The van der Waals surface area contributed by atoms with Gasteiger partial charge in [0.2, 0.25) is 11.8 Å². The van der Waals surface area contributed by atoms with Crippen molar-refractivity contribution in [2.75, 3.05) is 23.1 Å². The summed E-state index contributed by atoms with van der Waals surface area (Å²) in [5, 5.41) is 8.19. The lowest BCUT2D eigenvalue weighted by atomic mass is 10.2. The van der Waals surface area contributed by atoms with Gasteiger partial charge in [-0.3, -0.25) is 9.59 Å². The number of amides is 2. The van der Waals surface area contributed by atoms with E-state index in [9.17, 15) is 14.0 Å². The summed E-state index contributed by atoms with van der Waals surface area (Å²) < 4.78 is 18.9. The number of benzene rings is 2. The minimum absolute atomic E-state index is 0.111. The van der Waals surface area contributed by atoms with Gasteiger partial charge in [0.25, 0.3) is 0 Å². The number of hydrogen-bond donors (Lipinski definition) is 3. The average Bonchev–Trinajstić information content (AvgIpc) is 2.56. The van der Waals surface area contributed by atoms with Crippen LogP contribution in [-0.2, 0) is 9.59 Å². The summed E-state index contributed by atoms with van der Waals surface area (Å²) in [6.07, 6.45) is 0. The average molecular weight is 345 g/mol. The van der Waals surface area contributed by atoms with Crippen LogP contribution < -0.4 is 20.7 Å². The third-order valence-corrected chi connectivity index (χ3v) is 3.42. The fraction of sp³-hybridized carbons (Fsp3) is 0.222. The first kappa shape index (κ1) is 18.3. The van der Waals surface area contributed by atoms with Gasteiger partial charge in [-0.1, -0.05) is 12.1 Å². The van der Waals surface area contributed by atoms with Gasteiger partial charge in [0, 0.05) is 12.6 Å². The SMILES string of the molecule is COc1ccc(NC(C)=O)cc1N[C@H](C)C(=O)Nc1ccccc1F. The molecule has 0 bridgehead atoms. The maximum atomic E-state index is 13.6. The Morgan fingerprint density at radius 3 is 2.44 bits per heavy atom. The molecule has 0 aromatic heterocycles. The summed E-state index contributed by atoms with van der Waals surface area (Å²) in [4.78, 5) is 23.5. The van der Waals surface area contributed by atoms with Gasteiger partial charge in [-0.15, -0.1) is 0 Å². The minimum atomic E-state index is -0.666. The van der Waals surface area contributed by atoms with E-state index in [1.54, 1.807) is 37.3 Å². The summed E-state index contributed by atoms with van der Waals surface area (Å²) in [7, 11) is 1.50. The second kappa shape index (κ2) is 8.14. The van der Waals surface area contributed by atoms with Crippen molar-refractivity contribution >= 4 is 28.9 Å². The van der Waals surface area contributed by atoms with Gasteiger partial charge in [-0.05, 0) is 37.3 Å². The van der Waals surface area contributed by atoms with Crippen LogP contribution in [0.15, 0.2) is 42.5 Å². The molecule has 2 aromatic rings. The van der Waals surface area contributed by atoms with E-state index in [0.717, 1.165) is 0 Å². The Morgan fingerprint density at radius 1 is 1.08 bits per heavy atom. The standard InChI is InChI=1S/C18H20FN3O3/c1-11(18(24)22-15-7-5-4-6-14(15)19)20-16-10-13(21-12(2)23)8-9-17(16)25-3/h4-11,20H,1-3H3,(H,21,23)(H,22,24)/t11-/m1/s1. The molecule has 0 aliphatic rings. The van der Waals surface area contributed by atoms with Crippen molar-refractivity contribution in [3.8, 4) is 5.75 Å². The van der Waals surface area contributed by atoms with Gasteiger partial charge >= 0.3 is 0 Å². The predicted octanol–water partition coefficient (Wildman–Crippen LogP) is 3.23. The molecule has 1 atom stereocenters. The highest BCUT2D eigenvalue weighted by atomic mass is 19.1. The Bertz CT molecular complexity index is 780. The van der Waals surface area contributed by atoms with E-state index < -0.39 is 17.8 Å². The van der Waals surface area contributed by atoms with Crippen molar-refractivity contribution in [3.05, 3.63) is 48.3 Å². The Balaban J connectivity index is 2.13. The van der Waals surface area contributed by atoms with E-state index >= 15 is 0 Å². The fourth-order valence-corrected chi connectivity index (χ4v) is 2.20. The predicted molar refractivity (Wildman–Crippen MR) is 95.4 cm³/mol. The highest BCUT2D eigenvalue weighted by Crippen LogP contribution is 2.28. The number of hydrogen-bond acceptors (Lipinski definition) is 4. The number of halogens is 1. The van der Waals surface area contributed by atoms with E-state index in [1.807, 2.05) is 0 Å². The minimum Gasteiger partial charge on any atom is -0.495 e. The van der Waals surface area contributed by atoms with E-state index in [2.05, 4.69) is 16.0 Å². The monoisotopic (exact) mass is 345 g/mol. The van der Waals surface area contributed by atoms with Crippen molar-refractivity contribution in [3.63, 3.8) is 0 Å². The Hall–Kier alpha value is -3.09. The van der Waals surface area contributed by atoms with Gasteiger partial charge in [0.15, 0.2) is 0 Å². The molecule has 3 N–H and O–H groups in total. The number of para-hydroxylation sites is 1. The molecule has 2 rings (SSSR count). The van der Waals surface area contributed by atoms with Gasteiger partial charge in [0.05, 0.1) is 18.5 Å². The highest BCUT2D eigenvalue weighted by molar-refractivity contribution is 5.97. The van der Waals surface area contributed by atoms with Crippen LogP contribution in [0.5, 0.6) is 5.75 Å². The Labute approximate surface area is 145 Å². The number of ether oxygens (including phenoxy) is 1. The number of nitrogens with one attached hydrogen (secondary N) is 3. The number of anilines is 3. The molecular weight excluding hydrogens is 325 g/mol. The molecular formula is C18H20FN3O3. The van der Waals surface area contributed by atoms with Crippen molar-refractivity contribution < 1.29 is 18.7 Å². The van der Waals surface area contributed by atoms with Crippen molar-refractivity contribution in [2.45, 2.75) is 19.9 Å². The lowest BCUT2D eigenvalue weighted by molar-refractivity contribution is -0.116. The molecule has 0 saturated carbocycles. The molecule has 0 fully saturated rings. The van der Waals surface area contributed by atoms with E-state index in [0.29, 0.717) is 17.1 Å². The molecule has 0 unspecified atom stereocenters. The van der Waals surface area contributed by atoms with Gasteiger partial charge in [0.1, 0.15) is 17.6 Å². The lowest BCUT2D eigenvalue weighted by Gasteiger charge is -2.18. The van der Waals surface area contributed by atoms with Gasteiger partial charge in [-0.2, -0.15) is 0 Å². The summed E-state index contributed by atoms with van der Waals surface area (Å²) in [5.41, 5.74) is 1.21. The first-order valence-electron chi connectivity index (χ1n) is 7.68. The van der Waals surface area contributed by atoms with Crippen LogP contribution in [-0.4, -0.2) is 25.0 Å². The van der Waals surface area contributed by atoms with Gasteiger partial charge < -0.3 is 20.7 Å². The Kier molecular flexibility index (Phi) is 5.94. The third kappa shape index (κ3) is 4.94. The lowest BCUT2D eigenvalue weighted by Crippen LogP contribution is -2.32. The van der Waals surface area contributed by atoms with Crippen LogP contribution in [0.25, 0.3) is 0 Å². The zero-order valence-corrected chi connectivity index (χ0v) is 14.2. The zero-order chi connectivity index (χ0) is 18.4. The summed E-state index contributed by atoms with van der Waals surface area (Å²) in [6.45, 7) is 3.04. The molecule has 6 nitrogen and oxygen atoms in total. The van der Waals surface area contributed by atoms with Crippen LogP contribution >= 0.6 is 0 Å². The van der Waals surface area contributed by atoms with Crippen LogP contribution in [0.3, 0.4) is 0 Å². The highest BCUT2D eigenvalue weighted by Gasteiger charge is 2.16.